The summed E-state index contributed by atoms with van der Waals surface area (Å²) in [5, 5.41) is 5.62. The molecule has 0 bridgehead atoms. The third-order valence-electron chi connectivity index (χ3n) is 6.13. The van der Waals surface area contributed by atoms with Crippen molar-refractivity contribution in [3.8, 4) is 22.8 Å². The molecule has 1 atom stereocenters. The summed E-state index contributed by atoms with van der Waals surface area (Å²) in [6.45, 7) is 1.25. The first-order valence-electron chi connectivity index (χ1n) is 11.5. The second-order valence-corrected chi connectivity index (χ2v) is 9.08. The second kappa shape index (κ2) is 10.3. The average Bonchev–Trinajstić information content (AvgIpc) is 3.29. The second-order valence-electron chi connectivity index (χ2n) is 8.41. The highest BCUT2D eigenvalue weighted by Crippen LogP contribution is 2.35. The Bertz CT molecular complexity index is 1310. The quantitative estimate of drug-likeness (QED) is 0.360. The summed E-state index contributed by atoms with van der Waals surface area (Å²) in [7, 11) is 0. The Balaban J connectivity index is 1.45. The number of fused-ring (bicyclic) bond motifs is 1. The van der Waals surface area contributed by atoms with Gasteiger partial charge < -0.3 is 19.9 Å². The zero-order valence-electron chi connectivity index (χ0n) is 19.1. The number of benzene rings is 2. The molecule has 1 aliphatic rings. The molecule has 1 saturated heterocycles. The van der Waals surface area contributed by atoms with Crippen LogP contribution >= 0.6 is 12.0 Å². The van der Waals surface area contributed by atoms with Gasteiger partial charge in [0.25, 0.3) is 0 Å². The summed E-state index contributed by atoms with van der Waals surface area (Å²) in [6, 6.07) is 17.3. The highest BCUT2D eigenvalue weighted by atomic mass is 32.2. The molecule has 3 heterocycles. The minimum atomic E-state index is -0.0271. The number of nitrogens with zero attached hydrogens (tertiary/aromatic N) is 5. The number of para-hydroxylation sites is 1. The van der Waals surface area contributed by atoms with E-state index in [1.54, 1.807) is 0 Å². The van der Waals surface area contributed by atoms with Gasteiger partial charge in [-0.15, -0.1) is 0 Å². The van der Waals surface area contributed by atoms with Crippen molar-refractivity contribution in [2.45, 2.75) is 25.3 Å². The molecular weight excluding hydrogens is 464 g/mol. The van der Waals surface area contributed by atoms with E-state index < -0.39 is 0 Å². The highest BCUT2D eigenvalue weighted by Gasteiger charge is 2.28. The van der Waals surface area contributed by atoms with Gasteiger partial charge in [0.05, 0.1) is 11.4 Å². The van der Waals surface area contributed by atoms with Crippen molar-refractivity contribution in [1.29, 1.82) is 0 Å². The van der Waals surface area contributed by atoms with Gasteiger partial charge in [-0.1, -0.05) is 18.2 Å². The smallest absolute Gasteiger partial charge is 0.223 e. The lowest BCUT2D eigenvalue weighted by Crippen LogP contribution is -2.41. The molecule has 1 aliphatic heterocycles. The number of carbonyl (C=O) groups excluding carboxylic acids is 1. The fourth-order valence-corrected chi connectivity index (χ4v) is 4.70. The number of piperidine rings is 1. The van der Waals surface area contributed by atoms with Gasteiger partial charge in [-0.2, -0.15) is 5.10 Å². The fourth-order valence-electron chi connectivity index (χ4n) is 4.43. The van der Waals surface area contributed by atoms with Crippen LogP contribution in [0.3, 0.4) is 0 Å². The van der Waals surface area contributed by atoms with Gasteiger partial charge in [0.1, 0.15) is 29.3 Å². The summed E-state index contributed by atoms with van der Waals surface area (Å²) < 4.78 is 16.8. The van der Waals surface area contributed by atoms with E-state index in [-0.39, 0.29) is 11.9 Å². The van der Waals surface area contributed by atoms with Crippen molar-refractivity contribution >= 4 is 34.8 Å². The van der Waals surface area contributed by atoms with Crippen molar-refractivity contribution < 1.29 is 14.1 Å². The Morgan fingerprint density at radius 3 is 2.66 bits per heavy atom. The Kier molecular flexibility index (Phi) is 6.82. The number of carbonyl (C=O) groups is 1. The predicted molar refractivity (Wildman–Crippen MR) is 136 cm³/mol. The lowest BCUT2D eigenvalue weighted by molar-refractivity contribution is -0.132. The van der Waals surface area contributed by atoms with Gasteiger partial charge in [0.2, 0.25) is 5.91 Å². The molecule has 1 fully saturated rings. The van der Waals surface area contributed by atoms with Crippen LogP contribution in [-0.2, 0) is 4.79 Å². The Morgan fingerprint density at radius 2 is 1.89 bits per heavy atom. The number of nitrogens with two attached hydrogens (primary N) is 1. The third kappa shape index (κ3) is 4.94. The lowest BCUT2D eigenvalue weighted by Gasteiger charge is -2.33. The standard InChI is InChI=1S/C25H26N6O3S/c26-24-22-23(17-8-10-20(11-9-17)34-19-6-2-1-3-7-19)29-31(25(22)28-16-27-24)18-5-4-13-30(15-18)21(32)12-14-35-33/h1-3,6-11,16,18,33H,4-5,12-15H2,(H2,26,27,28)/t18-/m1/s1. The number of rotatable bonds is 7. The van der Waals surface area contributed by atoms with Gasteiger partial charge in [-0.3, -0.25) is 4.79 Å². The van der Waals surface area contributed by atoms with E-state index in [4.69, 9.17) is 20.1 Å². The van der Waals surface area contributed by atoms with Crippen LogP contribution in [0.2, 0.25) is 0 Å². The van der Waals surface area contributed by atoms with Crippen LogP contribution in [0, 0.1) is 0 Å². The van der Waals surface area contributed by atoms with Crippen molar-refractivity contribution in [3.05, 3.63) is 60.9 Å². The predicted octanol–water partition coefficient (Wildman–Crippen LogP) is 4.63. The van der Waals surface area contributed by atoms with Crippen LogP contribution in [0.1, 0.15) is 25.3 Å². The molecule has 5 rings (SSSR count). The van der Waals surface area contributed by atoms with E-state index in [0.29, 0.717) is 59.9 Å². The maximum Gasteiger partial charge on any atom is 0.223 e. The van der Waals surface area contributed by atoms with Crippen LogP contribution < -0.4 is 10.5 Å². The van der Waals surface area contributed by atoms with E-state index in [9.17, 15) is 4.79 Å². The van der Waals surface area contributed by atoms with Crippen LogP contribution in [0.15, 0.2) is 60.9 Å². The summed E-state index contributed by atoms with van der Waals surface area (Å²) in [5.74, 6) is 2.28. The molecule has 0 unspecified atom stereocenters. The minimum Gasteiger partial charge on any atom is -0.457 e. The number of aromatic nitrogens is 4. The zero-order valence-corrected chi connectivity index (χ0v) is 19.9. The van der Waals surface area contributed by atoms with Gasteiger partial charge in [-0.05, 0) is 61.3 Å². The van der Waals surface area contributed by atoms with E-state index >= 15 is 0 Å². The van der Waals surface area contributed by atoms with E-state index in [1.165, 1.54) is 6.33 Å². The molecule has 2 aromatic carbocycles. The first kappa shape index (κ1) is 23.1. The Morgan fingerprint density at radius 1 is 1.11 bits per heavy atom. The van der Waals surface area contributed by atoms with Crippen LogP contribution in [0.5, 0.6) is 11.5 Å². The maximum absolute atomic E-state index is 12.6. The molecule has 0 saturated carbocycles. The molecule has 9 nitrogen and oxygen atoms in total. The molecule has 0 aliphatic carbocycles. The summed E-state index contributed by atoms with van der Waals surface area (Å²) in [5.41, 5.74) is 8.51. The number of hydrogen-bond acceptors (Lipinski definition) is 8. The van der Waals surface area contributed by atoms with Crippen LogP contribution in [-0.4, -0.2) is 54.0 Å². The number of amides is 1. The number of ether oxygens (including phenoxy) is 1. The van der Waals surface area contributed by atoms with Crippen molar-refractivity contribution in [2.24, 2.45) is 0 Å². The minimum absolute atomic E-state index is 0.0271. The molecular formula is C25H26N6O3S. The summed E-state index contributed by atoms with van der Waals surface area (Å²) >= 11 is 0.692. The van der Waals surface area contributed by atoms with Gasteiger partial charge in [0, 0.05) is 30.8 Å². The normalized spacial score (nSPS) is 15.9. The largest absolute Gasteiger partial charge is 0.457 e. The number of nitrogen functional groups attached to an aromatic ring is 1. The van der Waals surface area contributed by atoms with E-state index in [2.05, 4.69) is 9.97 Å². The zero-order chi connectivity index (χ0) is 24.2. The number of hydrogen-bond donors (Lipinski definition) is 2. The highest BCUT2D eigenvalue weighted by molar-refractivity contribution is 7.93. The molecule has 10 heteroatoms. The van der Waals surface area contributed by atoms with Crippen molar-refractivity contribution in [1.82, 2.24) is 24.6 Å². The molecule has 0 spiro atoms. The fraction of sp³-hybridized carbons (Fsp3) is 0.280. The monoisotopic (exact) mass is 490 g/mol. The van der Waals surface area contributed by atoms with Crippen molar-refractivity contribution in [2.75, 3.05) is 24.6 Å². The molecule has 0 radical (unpaired) electrons. The van der Waals surface area contributed by atoms with Crippen LogP contribution in [0.25, 0.3) is 22.3 Å². The first-order valence-corrected chi connectivity index (χ1v) is 12.4. The first-order chi connectivity index (χ1) is 17.1. The lowest BCUT2D eigenvalue weighted by atomic mass is 10.1. The van der Waals surface area contributed by atoms with Crippen molar-refractivity contribution in [3.63, 3.8) is 0 Å². The number of anilines is 1. The van der Waals surface area contributed by atoms with E-state index in [0.717, 1.165) is 29.9 Å². The SMILES string of the molecule is Nc1ncnc2c1c(-c1ccc(Oc3ccccc3)cc1)nn2[C@@H]1CCCN(C(=O)CCSO)C1. The Labute approximate surface area is 207 Å². The van der Waals surface area contributed by atoms with Gasteiger partial charge in [0.15, 0.2) is 5.65 Å². The molecule has 1 amide bonds. The van der Waals surface area contributed by atoms with Crippen LogP contribution in [0.4, 0.5) is 5.82 Å². The molecule has 3 N–H and O–H groups in total. The summed E-state index contributed by atoms with van der Waals surface area (Å²) in [4.78, 5) is 23.1. The average molecular weight is 491 g/mol. The Hall–Kier alpha value is -3.63. The van der Waals surface area contributed by atoms with Gasteiger partial charge >= 0.3 is 0 Å². The maximum atomic E-state index is 12.6. The summed E-state index contributed by atoms with van der Waals surface area (Å²) in [6.07, 6.45) is 3.50. The van der Waals surface area contributed by atoms with Gasteiger partial charge in [-0.25, -0.2) is 14.6 Å². The molecule has 180 valence electrons. The number of likely N-dealkylation sites (tertiary alicyclic amines) is 1. The molecule has 2 aromatic heterocycles. The van der Waals surface area contributed by atoms with E-state index in [1.807, 2.05) is 64.2 Å². The third-order valence-corrected chi connectivity index (χ3v) is 6.51. The molecule has 4 aromatic rings. The topological polar surface area (TPSA) is 119 Å². The molecule has 35 heavy (non-hydrogen) atoms.